The lowest BCUT2D eigenvalue weighted by Crippen LogP contribution is -2.53. The Labute approximate surface area is 312 Å². The number of carbonyl (C=O) groups excluding carboxylic acids is 4. The predicted molar refractivity (Wildman–Crippen MR) is 207 cm³/mol. The van der Waals surface area contributed by atoms with Crippen LogP contribution in [0.3, 0.4) is 0 Å². The Hall–Kier alpha value is -2.13. The molecule has 0 aromatic rings. The van der Waals surface area contributed by atoms with Crippen LogP contribution in [0.4, 0.5) is 13.2 Å². The second kappa shape index (κ2) is 22.2. The lowest BCUT2D eigenvalue weighted by atomic mass is 9.54. The van der Waals surface area contributed by atoms with Gasteiger partial charge in [0.25, 0.3) is 0 Å². The molecule has 0 aromatic heterocycles. The van der Waals surface area contributed by atoms with Crippen molar-refractivity contribution in [2.24, 2.45) is 34.0 Å². The van der Waals surface area contributed by atoms with Gasteiger partial charge in [-0.1, -0.05) is 79.2 Å². The Morgan fingerprint density at radius 1 is 0.725 bits per heavy atom. The number of likely N-dealkylation sites (tertiary alicyclic amines) is 1. The molecule has 5 fully saturated rings. The van der Waals surface area contributed by atoms with Crippen molar-refractivity contribution in [3.63, 3.8) is 0 Å². The van der Waals surface area contributed by atoms with E-state index in [1.165, 1.54) is 24.2 Å². The zero-order valence-electron chi connectivity index (χ0n) is 29.3. The third-order valence-electron chi connectivity index (χ3n) is 10.7. The minimum atomic E-state index is -4.49. The number of amides is 2. The number of halogens is 3. The van der Waals surface area contributed by atoms with Gasteiger partial charge < -0.3 is 9.47 Å². The van der Waals surface area contributed by atoms with Crippen LogP contribution < -0.4 is 0 Å². The molecule has 0 spiro atoms. The molecule has 0 aromatic carbocycles. The van der Waals surface area contributed by atoms with Crippen LogP contribution in [0.1, 0.15) is 184 Å². The highest BCUT2D eigenvalue weighted by molar-refractivity contribution is 5.98. The highest BCUT2D eigenvalue weighted by atomic mass is 19.4. The van der Waals surface area contributed by atoms with E-state index in [1.54, 1.807) is 20.8 Å². The molecule has 51 heavy (non-hydrogen) atoms. The van der Waals surface area contributed by atoms with E-state index < -0.39 is 23.7 Å². The number of esters is 2. The van der Waals surface area contributed by atoms with Gasteiger partial charge in [0.1, 0.15) is 5.60 Å². The van der Waals surface area contributed by atoms with Gasteiger partial charge >= 0.3 is 18.1 Å². The first-order valence-electron chi connectivity index (χ1n) is 16.9. The molecule has 10 heteroatoms. The van der Waals surface area contributed by atoms with E-state index in [2.05, 4.69) is 11.7 Å². The van der Waals surface area contributed by atoms with Gasteiger partial charge in [-0.15, -0.1) is 0 Å². The van der Waals surface area contributed by atoms with E-state index in [4.69, 9.17) is 4.74 Å². The van der Waals surface area contributed by atoms with Crippen molar-refractivity contribution in [3.8, 4) is 0 Å². The standard InChI is InChI=1S/C16H26O2.C10H17NO2.C9H15F3O2.6CH4/c1-4-15(2,3)14(17)18-16-8-11-5-12(9-16)7-13(6-11)10-16;1-4-10(2,3)9(13)11-7-5-6-8(11)12;1-5-8(3,4)7(13)14-6(2)9(10,11)12;;;;;;/h11-13H,4-10H2,1-3H3;4-7H2,1-3H3;6H,5H2,1-4H3;6*1H4. The van der Waals surface area contributed by atoms with E-state index >= 15 is 0 Å². The Balaban J connectivity index is -0.000000199. The molecule has 7 nitrogen and oxygen atoms in total. The zero-order valence-corrected chi connectivity index (χ0v) is 29.3. The van der Waals surface area contributed by atoms with Gasteiger partial charge in [-0.25, -0.2) is 0 Å². The number of alkyl halides is 3. The highest BCUT2D eigenvalue weighted by Crippen LogP contribution is 2.57. The predicted octanol–water partition coefficient (Wildman–Crippen LogP) is 12.2. The fourth-order valence-electron chi connectivity index (χ4n) is 6.55. The summed E-state index contributed by atoms with van der Waals surface area (Å²) in [6, 6.07) is 0. The van der Waals surface area contributed by atoms with Crippen molar-refractivity contribution >= 4 is 23.8 Å². The summed E-state index contributed by atoms with van der Waals surface area (Å²) >= 11 is 0. The SMILES string of the molecule is C.C.C.C.C.C.CCC(C)(C)C(=O)N1CCCC1=O.CCC(C)(C)C(=O)OC(C)C(F)(F)F.CCC(C)(C)C(=O)OC12CC3CC(CC(C3)C1)C2. The first-order valence-corrected chi connectivity index (χ1v) is 16.9. The van der Waals surface area contributed by atoms with E-state index in [0.717, 1.165) is 63.2 Å². The summed E-state index contributed by atoms with van der Waals surface area (Å²) in [6.45, 7) is 18.1. The lowest BCUT2D eigenvalue weighted by Gasteiger charge is -2.56. The Kier molecular flexibility index (Phi) is 25.3. The monoisotopic (exact) mass is 742 g/mol. The average molecular weight is 742 g/mol. The van der Waals surface area contributed by atoms with Crippen LogP contribution in [-0.2, 0) is 28.7 Å². The third kappa shape index (κ3) is 15.4. The van der Waals surface area contributed by atoms with Crippen LogP contribution in [0.2, 0.25) is 0 Å². The van der Waals surface area contributed by atoms with Crippen molar-refractivity contribution in [2.45, 2.75) is 202 Å². The molecule has 308 valence electrons. The van der Waals surface area contributed by atoms with Crippen LogP contribution >= 0.6 is 0 Å². The van der Waals surface area contributed by atoms with Crippen molar-refractivity contribution in [3.05, 3.63) is 0 Å². The summed E-state index contributed by atoms with van der Waals surface area (Å²) in [5.74, 6) is 1.72. The largest absolute Gasteiger partial charge is 0.459 e. The van der Waals surface area contributed by atoms with Crippen molar-refractivity contribution < 1.29 is 41.8 Å². The maximum absolute atomic E-state index is 12.4. The van der Waals surface area contributed by atoms with Crippen LogP contribution in [0.5, 0.6) is 0 Å². The number of rotatable bonds is 8. The van der Waals surface area contributed by atoms with Crippen molar-refractivity contribution in [1.82, 2.24) is 4.90 Å². The number of hydrogen-bond donors (Lipinski definition) is 0. The summed E-state index contributed by atoms with van der Waals surface area (Å²) < 4.78 is 46.4. The van der Waals surface area contributed by atoms with Crippen LogP contribution in [0, 0.1) is 34.0 Å². The summed E-state index contributed by atoms with van der Waals surface area (Å²) in [6.07, 6.45) is 4.52. The number of hydrogen-bond acceptors (Lipinski definition) is 6. The molecule has 1 heterocycles. The summed E-state index contributed by atoms with van der Waals surface area (Å²) in [7, 11) is 0. The number of carbonyl (C=O) groups is 4. The van der Waals surface area contributed by atoms with Gasteiger partial charge in [-0.2, -0.15) is 13.2 Å². The maximum Gasteiger partial charge on any atom is 0.425 e. The molecule has 1 aliphatic heterocycles. The molecule has 5 rings (SSSR count). The minimum Gasteiger partial charge on any atom is -0.459 e. The lowest BCUT2D eigenvalue weighted by molar-refractivity contribution is -0.221. The zero-order chi connectivity index (χ0) is 34.6. The third-order valence-corrected chi connectivity index (χ3v) is 10.7. The van der Waals surface area contributed by atoms with Crippen LogP contribution in [-0.4, -0.2) is 53.1 Å². The molecule has 1 saturated heterocycles. The quantitative estimate of drug-likeness (QED) is 0.230. The Morgan fingerprint density at radius 2 is 1.10 bits per heavy atom. The average Bonchev–Trinajstić information content (AvgIpc) is 3.37. The molecule has 1 unspecified atom stereocenters. The molecule has 5 aliphatic rings. The van der Waals surface area contributed by atoms with E-state index in [-0.39, 0.29) is 78.8 Å². The fourth-order valence-corrected chi connectivity index (χ4v) is 6.55. The molecule has 0 N–H and O–H groups in total. The summed E-state index contributed by atoms with van der Waals surface area (Å²) in [5, 5.41) is 0. The Morgan fingerprint density at radius 3 is 1.41 bits per heavy atom. The topological polar surface area (TPSA) is 90.0 Å². The van der Waals surface area contributed by atoms with Gasteiger partial charge in [0, 0.05) is 18.4 Å². The molecule has 2 amide bonds. The van der Waals surface area contributed by atoms with Gasteiger partial charge in [0.2, 0.25) is 11.8 Å². The van der Waals surface area contributed by atoms with Crippen molar-refractivity contribution in [1.29, 1.82) is 0 Å². The second-order valence-corrected chi connectivity index (χ2v) is 15.7. The number of imide groups is 1. The molecule has 0 radical (unpaired) electrons. The molecule has 4 bridgehead atoms. The van der Waals surface area contributed by atoms with Gasteiger partial charge in [-0.05, 0) is 117 Å². The maximum atomic E-state index is 12.4. The first-order chi connectivity index (χ1) is 20.5. The summed E-state index contributed by atoms with van der Waals surface area (Å²) in [4.78, 5) is 48.1. The molecule has 4 saturated carbocycles. The number of nitrogens with zero attached hydrogens (tertiary/aromatic N) is 1. The second-order valence-electron chi connectivity index (χ2n) is 15.7. The molecule has 1 atom stereocenters. The van der Waals surface area contributed by atoms with Gasteiger partial charge in [0.05, 0.1) is 10.8 Å². The van der Waals surface area contributed by atoms with E-state index in [1.807, 2.05) is 34.6 Å². The number of ether oxygens (including phenoxy) is 2. The van der Waals surface area contributed by atoms with E-state index in [0.29, 0.717) is 19.4 Å². The van der Waals surface area contributed by atoms with E-state index in [9.17, 15) is 32.3 Å². The molecule has 4 aliphatic carbocycles. The molecular formula is C41H82F3NO6. The Bertz CT molecular complexity index is 1030. The normalized spacial score (nSPS) is 23.6. The molecular weight excluding hydrogens is 659 g/mol. The van der Waals surface area contributed by atoms with Crippen LogP contribution in [0.15, 0.2) is 0 Å². The smallest absolute Gasteiger partial charge is 0.425 e. The van der Waals surface area contributed by atoms with Crippen LogP contribution in [0.25, 0.3) is 0 Å². The fraction of sp³-hybridized carbons (Fsp3) is 0.902. The minimum absolute atomic E-state index is 0. The summed E-state index contributed by atoms with van der Waals surface area (Å²) in [5.41, 5.74) is -1.64. The van der Waals surface area contributed by atoms with Gasteiger partial charge in [0.15, 0.2) is 6.10 Å². The van der Waals surface area contributed by atoms with Crippen molar-refractivity contribution in [2.75, 3.05) is 6.54 Å². The first kappa shape index (κ1) is 58.2. The van der Waals surface area contributed by atoms with Gasteiger partial charge in [-0.3, -0.25) is 24.1 Å². The highest BCUT2D eigenvalue weighted by Gasteiger charge is 2.54.